The van der Waals surface area contributed by atoms with Gasteiger partial charge in [-0.25, -0.2) is 0 Å². The third kappa shape index (κ3) is 7.92. The van der Waals surface area contributed by atoms with E-state index in [4.69, 9.17) is 0 Å². The Balaban J connectivity index is 0.000000224. The average Bonchev–Trinajstić information content (AvgIpc) is 2.92. The first-order valence-corrected chi connectivity index (χ1v) is 10.1. The molecule has 0 unspecified atom stereocenters. The summed E-state index contributed by atoms with van der Waals surface area (Å²) in [5.74, 6) is 0.607. The molecule has 31 heavy (non-hydrogen) atoms. The molecule has 0 bridgehead atoms. The van der Waals surface area contributed by atoms with Crippen LogP contribution in [0.15, 0.2) is 48.5 Å². The molecule has 1 atom stereocenters. The van der Waals surface area contributed by atoms with Crippen molar-refractivity contribution in [2.45, 2.75) is 57.3 Å². The Labute approximate surface area is 177 Å². The first-order chi connectivity index (χ1) is 14.5. The van der Waals surface area contributed by atoms with Crippen molar-refractivity contribution in [3.05, 3.63) is 70.8 Å². The van der Waals surface area contributed by atoms with Crippen LogP contribution in [0.5, 0.6) is 0 Å². The van der Waals surface area contributed by atoms with Crippen LogP contribution in [0.3, 0.4) is 0 Å². The van der Waals surface area contributed by atoms with Crippen molar-refractivity contribution in [3.63, 3.8) is 0 Å². The highest BCUT2D eigenvalue weighted by atomic mass is 19.4. The molecule has 3 rings (SSSR count). The van der Waals surface area contributed by atoms with Gasteiger partial charge >= 0.3 is 12.4 Å². The highest BCUT2D eigenvalue weighted by Gasteiger charge is 2.36. The normalized spacial score (nSPS) is 17.3. The number of benzene rings is 2. The van der Waals surface area contributed by atoms with Gasteiger partial charge in [-0.05, 0) is 54.5 Å². The Morgan fingerprint density at radius 3 is 2.03 bits per heavy atom. The Kier molecular flexibility index (Phi) is 8.53. The summed E-state index contributed by atoms with van der Waals surface area (Å²) >= 11 is 0. The van der Waals surface area contributed by atoms with Crippen LogP contribution in [0.2, 0.25) is 0 Å². The van der Waals surface area contributed by atoms with Gasteiger partial charge in [-0.3, -0.25) is 4.79 Å². The van der Waals surface area contributed by atoms with E-state index >= 15 is 0 Å². The zero-order valence-corrected chi connectivity index (χ0v) is 17.1. The van der Waals surface area contributed by atoms with Crippen molar-refractivity contribution in [2.24, 2.45) is 0 Å². The summed E-state index contributed by atoms with van der Waals surface area (Å²) in [5, 5.41) is 2.91. The predicted molar refractivity (Wildman–Crippen MR) is 106 cm³/mol. The number of amides is 1. The fraction of sp³-hybridized carbons (Fsp3) is 0.435. The second-order valence-corrected chi connectivity index (χ2v) is 7.47. The van der Waals surface area contributed by atoms with Gasteiger partial charge < -0.3 is 5.32 Å². The van der Waals surface area contributed by atoms with Crippen LogP contribution in [0.4, 0.5) is 26.3 Å². The molecule has 2 nitrogen and oxygen atoms in total. The van der Waals surface area contributed by atoms with Gasteiger partial charge in [0.15, 0.2) is 0 Å². The minimum Gasteiger partial charge on any atom is -0.356 e. The molecule has 0 spiro atoms. The Bertz CT molecular complexity index is 813. The van der Waals surface area contributed by atoms with E-state index < -0.39 is 23.5 Å². The maximum absolute atomic E-state index is 12.4. The van der Waals surface area contributed by atoms with Gasteiger partial charge in [-0.1, -0.05) is 43.7 Å². The number of carbonyl (C=O) groups excluding carboxylic acids is 1. The molecule has 8 heteroatoms. The largest absolute Gasteiger partial charge is 0.416 e. The van der Waals surface area contributed by atoms with E-state index in [9.17, 15) is 31.1 Å². The molecule has 1 amide bonds. The first kappa shape index (κ1) is 24.8. The zero-order valence-electron chi connectivity index (χ0n) is 17.1. The van der Waals surface area contributed by atoms with Crippen molar-refractivity contribution in [2.75, 3.05) is 6.54 Å². The van der Waals surface area contributed by atoms with Gasteiger partial charge in [0, 0.05) is 13.0 Å². The molecule has 170 valence electrons. The van der Waals surface area contributed by atoms with Crippen molar-refractivity contribution in [1.29, 1.82) is 0 Å². The summed E-state index contributed by atoms with van der Waals surface area (Å²) in [6.45, 7) is 2.52. The molecule has 0 saturated carbocycles. The molecular weight excluding hydrogens is 420 g/mol. The molecule has 2 aromatic rings. The molecule has 1 aliphatic rings. The molecular formula is C23H25F6NO. The van der Waals surface area contributed by atoms with E-state index in [1.165, 1.54) is 5.56 Å². The van der Waals surface area contributed by atoms with E-state index in [2.05, 4.69) is 17.4 Å². The second kappa shape index (κ2) is 10.7. The molecule has 1 fully saturated rings. The fourth-order valence-electron chi connectivity index (χ4n) is 3.44. The number of halogens is 6. The monoisotopic (exact) mass is 445 g/mol. The Morgan fingerprint density at radius 2 is 1.52 bits per heavy atom. The van der Waals surface area contributed by atoms with Gasteiger partial charge in [-0.15, -0.1) is 0 Å². The van der Waals surface area contributed by atoms with Crippen LogP contribution in [-0.2, 0) is 23.6 Å². The molecule has 0 aromatic heterocycles. The molecule has 1 N–H and O–H groups in total. The summed E-state index contributed by atoms with van der Waals surface area (Å²) < 4.78 is 74.5. The summed E-state index contributed by atoms with van der Waals surface area (Å²) in [6, 6.07) is 12.0. The van der Waals surface area contributed by atoms with E-state index in [-0.39, 0.29) is 24.0 Å². The number of aryl methyl sites for hydroxylation is 1. The number of hydrogen-bond acceptors (Lipinski definition) is 1. The predicted octanol–water partition coefficient (Wildman–Crippen LogP) is 6.75. The van der Waals surface area contributed by atoms with E-state index in [0.29, 0.717) is 18.8 Å². The van der Waals surface area contributed by atoms with Crippen LogP contribution in [0.25, 0.3) is 0 Å². The highest BCUT2D eigenvalue weighted by Crippen LogP contribution is 2.36. The number of carbonyl (C=O) groups is 1. The van der Waals surface area contributed by atoms with Gasteiger partial charge in [0.25, 0.3) is 0 Å². The standard InChI is InChI=1S/C12H15NO.C11H10F6/c14-12-9-11(7-4-8-13-12)10-5-2-1-3-6-10;1-2-3-7-4-8(10(12,13)14)6-9(5-7)11(15,16)17/h1-3,5-6,11H,4,7-9H2,(H,13,14);4-6H,2-3H2,1H3/t11-;/m0./s1. The SMILES string of the molecule is CCCc1cc(C(F)(F)F)cc(C(F)(F)F)c1.O=C1C[C@@H](c2ccccc2)CCCN1. The lowest BCUT2D eigenvalue weighted by molar-refractivity contribution is -0.143. The fourth-order valence-corrected chi connectivity index (χ4v) is 3.44. The minimum absolute atomic E-state index is 0.0506. The van der Waals surface area contributed by atoms with Crippen molar-refractivity contribution in [3.8, 4) is 0 Å². The van der Waals surface area contributed by atoms with Gasteiger partial charge in [0.2, 0.25) is 5.91 Å². The van der Waals surface area contributed by atoms with E-state index in [1.54, 1.807) is 6.92 Å². The summed E-state index contributed by atoms with van der Waals surface area (Å²) in [7, 11) is 0. The maximum atomic E-state index is 12.4. The zero-order chi connectivity index (χ0) is 23.1. The first-order valence-electron chi connectivity index (χ1n) is 10.1. The lowest BCUT2D eigenvalue weighted by Crippen LogP contribution is -2.22. The van der Waals surface area contributed by atoms with Crippen LogP contribution in [0.1, 0.15) is 60.8 Å². The third-order valence-corrected chi connectivity index (χ3v) is 4.94. The lowest BCUT2D eigenvalue weighted by Gasteiger charge is -2.13. The van der Waals surface area contributed by atoms with Crippen LogP contribution < -0.4 is 5.32 Å². The molecule has 2 aromatic carbocycles. The van der Waals surface area contributed by atoms with Crippen LogP contribution in [-0.4, -0.2) is 12.5 Å². The molecule has 1 heterocycles. The Hall–Kier alpha value is -2.51. The van der Waals surface area contributed by atoms with E-state index in [1.807, 2.05) is 18.2 Å². The van der Waals surface area contributed by atoms with Gasteiger partial charge in [-0.2, -0.15) is 26.3 Å². The summed E-state index contributed by atoms with van der Waals surface area (Å²) in [4.78, 5) is 11.4. The molecule has 1 saturated heterocycles. The summed E-state index contributed by atoms with van der Waals surface area (Å²) in [5.41, 5.74) is -1.16. The van der Waals surface area contributed by atoms with Crippen molar-refractivity contribution < 1.29 is 31.1 Å². The van der Waals surface area contributed by atoms with Crippen molar-refractivity contribution >= 4 is 5.91 Å². The summed E-state index contributed by atoms with van der Waals surface area (Å²) in [6.07, 6.45) is -6.00. The minimum atomic E-state index is -4.76. The number of hydrogen-bond donors (Lipinski definition) is 1. The molecule has 1 aliphatic heterocycles. The number of nitrogens with one attached hydrogen (secondary N) is 1. The second-order valence-electron chi connectivity index (χ2n) is 7.47. The topological polar surface area (TPSA) is 29.1 Å². The van der Waals surface area contributed by atoms with Crippen molar-refractivity contribution in [1.82, 2.24) is 5.32 Å². The maximum Gasteiger partial charge on any atom is 0.416 e. The highest BCUT2D eigenvalue weighted by molar-refractivity contribution is 5.77. The van der Waals surface area contributed by atoms with E-state index in [0.717, 1.165) is 31.5 Å². The molecule has 0 radical (unpaired) electrons. The Morgan fingerprint density at radius 1 is 0.935 bits per heavy atom. The number of alkyl halides is 6. The quantitative estimate of drug-likeness (QED) is 0.521. The third-order valence-electron chi connectivity index (χ3n) is 4.94. The molecule has 0 aliphatic carbocycles. The van der Waals surface area contributed by atoms with Gasteiger partial charge in [0.1, 0.15) is 0 Å². The number of rotatable bonds is 3. The van der Waals surface area contributed by atoms with Crippen LogP contribution in [0, 0.1) is 0 Å². The average molecular weight is 445 g/mol. The lowest BCUT2D eigenvalue weighted by atomic mass is 9.92. The van der Waals surface area contributed by atoms with Gasteiger partial charge in [0.05, 0.1) is 11.1 Å². The van der Waals surface area contributed by atoms with Crippen LogP contribution >= 0.6 is 0 Å². The smallest absolute Gasteiger partial charge is 0.356 e.